The van der Waals surface area contributed by atoms with Crippen LogP contribution in [-0.2, 0) is 28.9 Å². The lowest BCUT2D eigenvalue weighted by atomic mass is 9.99. The molecule has 0 unspecified atom stereocenters. The van der Waals surface area contributed by atoms with Gasteiger partial charge in [-0.3, -0.25) is 9.59 Å². The van der Waals surface area contributed by atoms with Crippen LogP contribution < -0.4 is 15.0 Å². The Labute approximate surface area is 146 Å². The molecule has 128 valence electrons. The second-order valence-corrected chi connectivity index (χ2v) is 6.54. The van der Waals surface area contributed by atoms with Gasteiger partial charge in [0.2, 0.25) is 11.8 Å². The van der Waals surface area contributed by atoms with Crippen LogP contribution in [0, 0.1) is 0 Å². The van der Waals surface area contributed by atoms with Gasteiger partial charge in [0.25, 0.3) is 0 Å². The predicted molar refractivity (Wildman–Crippen MR) is 96.1 cm³/mol. The number of hydrogen-bond acceptors (Lipinski definition) is 3. The fourth-order valence-corrected chi connectivity index (χ4v) is 3.69. The van der Waals surface area contributed by atoms with E-state index in [4.69, 9.17) is 4.74 Å². The molecule has 2 aliphatic heterocycles. The molecular weight excluding hydrogens is 316 g/mol. The van der Waals surface area contributed by atoms with Gasteiger partial charge in [-0.25, -0.2) is 0 Å². The monoisotopic (exact) mass is 336 g/mol. The first-order chi connectivity index (χ1) is 12.1. The maximum atomic E-state index is 12.4. The van der Waals surface area contributed by atoms with Crippen LogP contribution in [0.25, 0.3) is 0 Å². The summed E-state index contributed by atoms with van der Waals surface area (Å²) in [6.07, 6.45) is 2.67. The van der Waals surface area contributed by atoms with Gasteiger partial charge in [0, 0.05) is 12.2 Å². The topological polar surface area (TPSA) is 58.6 Å². The molecule has 0 spiro atoms. The summed E-state index contributed by atoms with van der Waals surface area (Å²) < 4.78 is 5.13. The quantitative estimate of drug-likeness (QED) is 0.934. The summed E-state index contributed by atoms with van der Waals surface area (Å²) in [6.45, 7) is 0.808. The number of ether oxygens (including phenoxy) is 1. The van der Waals surface area contributed by atoms with E-state index in [-0.39, 0.29) is 11.8 Å². The Morgan fingerprint density at radius 1 is 1.20 bits per heavy atom. The Morgan fingerprint density at radius 2 is 1.96 bits per heavy atom. The molecule has 2 amide bonds. The van der Waals surface area contributed by atoms with Crippen molar-refractivity contribution in [3.63, 3.8) is 0 Å². The fraction of sp³-hybridized carbons (Fsp3) is 0.300. The minimum absolute atomic E-state index is 0.0608. The van der Waals surface area contributed by atoms with Gasteiger partial charge in [-0.1, -0.05) is 12.1 Å². The van der Waals surface area contributed by atoms with E-state index in [1.807, 2.05) is 41.3 Å². The Morgan fingerprint density at radius 3 is 2.72 bits per heavy atom. The van der Waals surface area contributed by atoms with Gasteiger partial charge in [-0.2, -0.15) is 0 Å². The van der Waals surface area contributed by atoms with E-state index in [9.17, 15) is 9.59 Å². The largest absolute Gasteiger partial charge is 0.497 e. The van der Waals surface area contributed by atoms with Crippen molar-refractivity contribution in [3.05, 3.63) is 53.1 Å². The zero-order chi connectivity index (χ0) is 17.4. The summed E-state index contributed by atoms with van der Waals surface area (Å²) in [5, 5.41) is 2.98. The van der Waals surface area contributed by atoms with Gasteiger partial charge in [0.15, 0.2) is 0 Å². The molecule has 1 N–H and O–H groups in total. The van der Waals surface area contributed by atoms with E-state index in [2.05, 4.69) is 5.32 Å². The molecule has 2 heterocycles. The molecule has 2 aromatic rings. The van der Waals surface area contributed by atoms with E-state index >= 15 is 0 Å². The molecule has 0 bridgehead atoms. The maximum Gasteiger partial charge on any atom is 0.231 e. The number of anilines is 2. The summed E-state index contributed by atoms with van der Waals surface area (Å²) >= 11 is 0. The van der Waals surface area contributed by atoms with Crippen molar-refractivity contribution in [1.29, 1.82) is 0 Å². The van der Waals surface area contributed by atoms with Crippen LogP contribution in [-0.4, -0.2) is 25.5 Å². The Hall–Kier alpha value is -2.82. The normalized spacial score (nSPS) is 15.1. The van der Waals surface area contributed by atoms with Gasteiger partial charge in [-0.15, -0.1) is 0 Å². The molecule has 5 heteroatoms. The van der Waals surface area contributed by atoms with Gasteiger partial charge in [0.05, 0.1) is 25.6 Å². The first-order valence-electron chi connectivity index (χ1n) is 8.53. The van der Waals surface area contributed by atoms with Crippen molar-refractivity contribution < 1.29 is 14.3 Å². The molecule has 0 radical (unpaired) electrons. The first-order valence-corrected chi connectivity index (χ1v) is 8.53. The van der Waals surface area contributed by atoms with Crippen LogP contribution in [0.15, 0.2) is 36.4 Å². The van der Waals surface area contributed by atoms with Crippen molar-refractivity contribution in [1.82, 2.24) is 0 Å². The number of nitrogens with zero attached hydrogens (tertiary/aromatic N) is 1. The number of carbonyl (C=O) groups excluding carboxylic acids is 2. The van der Waals surface area contributed by atoms with Crippen molar-refractivity contribution in [2.45, 2.75) is 25.7 Å². The van der Waals surface area contributed by atoms with E-state index in [1.165, 1.54) is 0 Å². The van der Waals surface area contributed by atoms with E-state index < -0.39 is 0 Å². The molecule has 0 aliphatic carbocycles. The number of methoxy groups -OCH3 is 1. The molecule has 0 fully saturated rings. The molecular formula is C20H20N2O3. The second kappa shape index (κ2) is 6.24. The van der Waals surface area contributed by atoms with E-state index in [0.29, 0.717) is 12.8 Å². The zero-order valence-electron chi connectivity index (χ0n) is 14.2. The summed E-state index contributed by atoms with van der Waals surface area (Å²) in [4.78, 5) is 26.3. The first kappa shape index (κ1) is 15.7. The van der Waals surface area contributed by atoms with Crippen LogP contribution in [0.5, 0.6) is 5.75 Å². The SMILES string of the molecule is COc1ccc(CC(=O)Nc2cc3c4c(c2)CC(=O)N4CCC3)cc1. The minimum atomic E-state index is -0.0608. The molecule has 4 rings (SSSR count). The van der Waals surface area contributed by atoms with Gasteiger partial charge in [0.1, 0.15) is 5.75 Å². The number of benzene rings is 2. The summed E-state index contributed by atoms with van der Waals surface area (Å²) in [6, 6.07) is 11.4. The fourth-order valence-electron chi connectivity index (χ4n) is 3.69. The van der Waals surface area contributed by atoms with Crippen molar-refractivity contribution in [2.75, 3.05) is 23.9 Å². The molecule has 0 aromatic heterocycles. The highest BCUT2D eigenvalue weighted by atomic mass is 16.5. The maximum absolute atomic E-state index is 12.4. The third-order valence-corrected chi connectivity index (χ3v) is 4.82. The number of aryl methyl sites for hydroxylation is 1. The standard InChI is InChI=1S/C20H20N2O3/c1-25-17-6-4-13(5-7-17)9-18(23)21-16-10-14-3-2-8-22-19(24)12-15(11-16)20(14)22/h4-7,10-11H,2-3,8-9,12H2,1H3,(H,21,23). The summed E-state index contributed by atoms with van der Waals surface area (Å²) in [7, 11) is 1.62. The number of rotatable bonds is 4. The molecule has 2 aliphatic rings. The van der Waals surface area contributed by atoms with Crippen molar-refractivity contribution >= 4 is 23.2 Å². The van der Waals surface area contributed by atoms with Gasteiger partial charge >= 0.3 is 0 Å². The van der Waals surface area contributed by atoms with Gasteiger partial charge < -0.3 is 15.0 Å². The zero-order valence-corrected chi connectivity index (χ0v) is 14.2. The highest BCUT2D eigenvalue weighted by Gasteiger charge is 2.32. The summed E-state index contributed by atoms with van der Waals surface area (Å²) in [5.74, 6) is 0.878. The molecule has 0 saturated carbocycles. The third-order valence-electron chi connectivity index (χ3n) is 4.82. The lowest BCUT2D eigenvalue weighted by Gasteiger charge is -2.26. The van der Waals surface area contributed by atoms with E-state index in [1.54, 1.807) is 7.11 Å². The van der Waals surface area contributed by atoms with Crippen molar-refractivity contribution in [2.24, 2.45) is 0 Å². The predicted octanol–water partition coefficient (Wildman–Crippen LogP) is 2.71. The highest BCUT2D eigenvalue weighted by molar-refractivity contribution is 6.04. The Kier molecular flexibility index (Phi) is 3.92. The van der Waals surface area contributed by atoms with Gasteiger partial charge in [-0.05, 0) is 53.8 Å². The van der Waals surface area contributed by atoms with Crippen LogP contribution in [0.4, 0.5) is 11.4 Å². The molecule has 2 aromatic carbocycles. The number of amides is 2. The Bertz CT molecular complexity index is 843. The molecule has 25 heavy (non-hydrogen) atoms. The average molecular weight is 336 g/mol. The lowest BCUT2D eigenvalue weighted by molar-refractivity contribution is -0.117. The van der Waals surface area contributed by atoms with Crippen molar-refractivity contribution in [3.8, 4) is 5.75 Å². The minimum Gasteiger partial charge on any atom is -0.497 e. The molecule has 0 atom stereocenters. The number of hydrogen-bond donors (Lipinski definition) is 1. The highest BCUT2D eigenvalue weighted by Crippen LogP contribution is 2.38. The smallest absolute Gasteiger partial charge is 0.231 e. The van der Waals surface area contributed by atoms with Crippen LogP contribution in [0.1, 0.15) is 23.1 Å². The van der Waals surface area contributed by atoms with Crippen LogP contribution in [0.2, 0.25) is 0 Å². The third kappa shape index (κ3) is 2.97. The molecule has 0 saturated heterocycles. The van der Waals surface area contributed by atoms with Crippen LogP contribution >= 0.6 is 0 Å². The summed E-state index contributed by atoms with van der Waals surface area (Å²) in [5.41, 5.74) is 4.98. The number of nitrogens with one attached hydrogen (secondary N) is 1. The van der Waals surface area contributed by atoms with Crippen LogP contribution in [0.3, 0.4) is 0 Å². The Balaban J connectivity index is 1.50. The second-order valence-electron chi connectivity index (χ2n) is 6.54. The number of carbonyl (C=O) groups is 2. The van der Waals surface area contributed by atoms with E-state index in [0.717, 1.165) is 53.2 Å². The average Bonchev–Trinajstić information content (AvgIpc) is 2.93. The lowest BCUT2D eigenvalue weighted by Crippen LogP contribution is -2.31. The molecule has 5 nitrogen and oxygen atoms in total.